The topological polar surface area (TPSA) is 77.4 Å². The number of nitrogens with two attached hydrogens (primary N) is 1. The molecule has 0 bridgehead atoms. The number of hydrogen-bond acceptors (Lipinski definition) is 6. The van der Waals surface area contributed by atoms with Crippen LogP contribution in [0.2, 0.25) is 0 Å². The standard InChI is InChI=1S/C13H16N4O2/c1-9-15-16-13(19-9)10-6-11(14)8-12(7-10)17-2-4-18-5-3-17/h6-8H,2-5,14H2,1H3. The highest BCUT2D eigenvalue weighted by molar-refractivity contribution is 5.69. The Morgan fingerprint density at radius 3 is 2.63 bits per heavy atom. The van der Waals surface area contributed by atoms with Crippen LogP contribution in [0.1, 0.15) is 5.89 Å². The number of rotatable bonds is 2. The Labute approximate surface area is 111 Å². The second kappa shape index (κ2) is 4.89. The summed E-state index contributed by atoms with van der Waals surface area (Å²) in [6, 6.07) is 5.82. The summed E-state index contributed by atoms with van der Waals surface area (Å²) in [4.78, 5) is 2.24. The molecule has 0 saturated carbocycles. The van der Waals surface area contributed by atoms with Crippen molar-refractivity contribution in [2.75, 3.05) is 36.9 Å². The second-order valence-electron chi connectivity index (χ2n) is 4.54. The zero-order valence-corrected chi connectivity index (χ0v) is 10.8. The third-order valence-corrected chi connectivity index (χ3v) is 3.09. The number of hydrogen-bond donors (Lipinski definition) is 1. The molecule has 1 aliphatic heterocycles. The number of ether oxygens (including phenoxy) is 1. The lowest BCUT2D eigenvalue weighted by Crippen LogP contribution is -2.36. The third-order valence-electron chi connectivity index (χ3n) is 3.09. The van der Waals surface area contributed by atoms with Gasteiger partial charge < -0.3 is 19.8 Å². The van der Waals surface area contributed by atoms with Gasteiger partial charge in [0.1, 0.15) is 0 Å². The zero-order valence-electron chi connectivity index (χ0n) is 10.8. The van der Waals surface area contributed by atoms with Gasteiger partial charge in [-0.2, -0.15) is 0 Å². The molecule has 6 heteroatoms. The minimum Gasteiger partial charge on any atom is -0.421 e. The quantitative estimate of drug-likeness (QED) is 0.824. The number of benzene rings is 1. The highest BCUT2D eigenvalue weighted by Crippen LogP contribution is 2.27. The average Bonchev–Trinajstić information content (AvgIpc) is 2.86. The minimum atomic E-state index is 0.499. The van der Waals surface area contributed by atoms with Crippen LogP contribution in [0.4, 0.5) is 11.4 Å². The second-order valence-corrected chi connectivity index (χ2v) is 4.54. The Kier molecular flexibility index (Phi) is 3.08. The van der Waals surface area contributed by atoms with Gasteiger partial charge in [-0.25, -0.2) is 0 Å². The van der Waals surface area contributed by atoms with Gasteiger partial charge in [-0.05, 0) is 18.2 Å². The van der Waals surface area contributed by atoms with Crippen LogP contribution < -0.4 is 10.6 Å². The van der Waals surface area contributed by atoms with Gasteiger partial charge in [-0.3, -0.25) is 0 Å². The van der Waals surface area contributed by atoms with Crippen molar-refractivity contribution in [1.82, 2.24) is 10.2 Å². The van der Waals surface area contributed by atoms with E-state index in [0.29, 0.717) is 17.5 Å². The molecule has 0 spiro atoms. The van der Waals surface area contributed by atoms with Crippen LogP contribution in [-0.2, 0) is 4.74 Å². The summed E-state index contributed by atoms with van der Waals surface area (Å²) in [6.07, 6.45) is 0. The molecule has 100 valence electrons. The number of aryl methyl sites for hydroxylation is 1. The summed E-state index contributed by atoms with van der Waals surface area (Å²) in [5.74, 6) is 1.05. The van der Waals surface area contributed by atoms with Crippen molar-refractivity contribution in [2.24, 2.45) is 0 Å². The van der Waals surface area contributed by atoms with E-state index in [2.05, 4.69) is 15.1 Å². The van der Waals surface area contributed by atoms with Crippen LogP contribution in [0.25, 0.3) is 11.5 Å². The van der Waals surface area contributed by atoms with Crippen molar-refractivity contribution in [3.05, 3.63) is 24.1 Å². The van der Waals surface area contributed by atoms with Crippen LogP contribution >= 0.6 is 0 Å². The van der Waals surface area contributed by atoms with E-state index in [9.17, 15) is 0 Å². The molecule has 0 atom stereocenters. The smallest absolute Gasteiger partial charge is 0.247 e. The molecule has 1 aliphatic rings. The van der Waals surface area contributed by atoms with E-state index in [1.165, 1.54) is 0 Å². The van der Waals surface area contributed by atoms with E-state index in [1.807, 2.05) is 18.2 Å². The highest BCUT2D eigenvalue weighted by atomic mass is 16.5. The van der Waals surface area contributed by atoms with Crippen molar-refractivity contribution in [1.29, 1.82) is 0 Å². The lowest BCUT2D eigenvalue weighted by Gasteiger charge is -2.29. The van der Waals surface area contributed by atoms with Gasteiger partial charge in [0, 0.05) is 37.0 Å². The lowest BCUT2D eigenvalue weighted by atomic mass is 10.1. The summed E-state index contributed by atoms with van der Waals surface area (Å²) in [6.45, 7) is 4.98. The molecule has 19 heavy (non-hydrogen) atoms. The molecule has 2 aromatic rings. The SMILES string of the molecule is Cc1nnc(-c2cc(N)cc(N3CCOCC3)c2)o1. The predicted molar refractivity (Wildman–Crippen MR) is 71.9 cm³/mol. The molecule has 0 aliphatic carbocycles. The molecule has 2 heterocycles. The molecule has 1 aromatic heterocycles. The largest absolute Gasteiger partial charge is 0.421 e. The van der Waals surface area contributed by atoms with Crippen LogP contribution in [0.5, 0.6) is 0 Å². The average molecular weight is 260 g/mol. The minimum absolute atomic E-state index is 0.499. The zero-order chi connectivity index (χ0) is 13.2. The van der Waals surface area contributed by atoms with Gasteiger partial charge in [0.2, 0.25) is 11.8 Å². The predicted octanol–water partition coefficient (Wildman–Crippen LogP) is 1.46. The summed E-state index contributed by atoms with van der Waals surface area (Å²) in [5, 5.41) is 7.87. The van der Waals surface area contributed by atoms with Gasteiger partial charge >= 0.3 is 0 Å². The number of anilines is 2. The van der Waals surface area contributed by atoms with Crippen LogP contribution in [0.3, 0.4) is 0 Å². The Hall–Kier alpha value is -2.08. The number of nitrogen functional groups attached to an aromatic ring is 1. The van der Waals surface area contributed by atoms with Crippen LogP contribution in [0, 0.1) is 6.92 Å². The molecular formula is C13H16N4O2. The first kappa shape index (κ1) is 12.0. The van der Waals surface area contributed by atoms with Crippen LogP contribution in [0.15, 0.2) is 22.6 Å². The Bertz CT molecular complexity index is 576. The summed E-state index contributed by atoms with van der Waals surface area (Å²) >= 11 is 0. The highest BCUT2D eigenvalue weighted by Gasteiger charge is 2.14. The van der Waals surface area contributed by atoms with Crippen molar-refractivity contribution < 1.29 is 9.15 Å². The first-order chi connectivity index (χ1) is 9.22. The Morgan fingerprint density at radius 2 is 1.95 bits per heavy atom. The maximum Gasteiger partial charge on any atom is 0.247 e. The number of aromatic nitrogens is 2. The fourth-order valence-corrected chi connectivity index (χ4v) is 2.18. The van der Waals surface area contributed by atoms with Gasteiger partial charge in [-0.15, -0.1) is 10.2 Å². The Morgan fingerprint density at radius 1 is 1.16 bits per heavy atom. The van der Waals surface area contributed by atoms with Crippen molar-refractivity contribution in [3.8, 4) is 11.5 Å². The number of morpholine rings is 1. The Balaban J connectivity index is 1.95. The van der Waals surface area contributed by atoms with Crippen molar-refractivity contribution in [3.63, 3.8) is 0 Å². The monoisotopic (exact) mass is 260 g/mol. The molecular weight excluding hydrogens is 244 g/mol. The first-order valence-corrected chi connectivity index (χ1v) is 6.26. The van der Waals surface area contributed by atoms with Crippen molar-refractivity contribution >= 4 is 11.4 Å². The van der Waals surface area contributed by atoms with E-state index in [0.717, 1.165) is 37.6 Å². The van der Waals surface area contributed by atoms with E-state index >= 15 is 0 Å². The fourth-order valence-electron chi connectivity index (χ4n) is 2.18. The van der Waals surface area contributed by atoms with E-state index in [4.69, 9.17) is 14.9 Å². The third kappa shape index (κ3) is 2.53. The first-order valence-electron chi connectivity index (χ1n) is 6.26. The molecule has 0 radical (unpaired) electrons. The summed E-state index contributed by atoms with van der Waals surface area (Å²) in [5.41, 5.74) is 8.57. The molecule has 1 aromatic carbocycles. The van der Waals surface area contributed by atoms with Gasteiger partial charge in [-0.1, -0.05) is 0 Å². The van der Waals surface area contributed by atoms with E-state index < -0.39 is 0 Å². The number of nitrogens with zero attached hydrogens (tertiary/aromatic N) is 3. The van der Waals surface area contributed by atoms with E-state index in [-0.39, 0.29) is 0 Å². The van der Waals surface area contributed by atoms with Gasteiger partial charge in [0.25, 0.3) is 0 Å². The summed E-state index contributed by atoms with van der Waals surface area (Å²) < 4.78 is 10.8. The fraction of sp³-hybridized carbons (Fsp3) is 0.385. The van der Waals surface area contributed by atoms with E-state index in [1.54, 1.807) is 6.92 Å². The maximum absolute atomic E-state index is 5.96. The summed E-state index contributed by atoms with van der Waals surface area (Å²) in [7, 11) is 0. The molecule has 2 N–H and O–H groups in total. The maximum atomic E-state index is 5.96. The van der Waals surface area contributed by atoms with Gasteiger partial charge in [0.15, 0.2) is 0 Å². The molecule has 3 rings (SSSR count). The molecule has 0 amide bonds. The molecule has 1 saturated heterocycles. The van der Waals surface area contributed by atoms with Crippen LogP contribution in [-0.4, -0.2) is 36.5 Å². The normalized spacial score (nSPS) is 15.7. The molecule has 6 nitrogen and oxygen atoms in total. The van der Waals surface area contributed by atoms with Gasteiger partial charge in [0.05, 0.1) is 13.2 Å². The van der Waals surface area contributed by atoms with Crippen molar-refractivity contribution in [2.45, 2.75) is 6.92 Å². The molecule has 0 unspecified atom stereocenters. The molecule has 1 fully saturated rings. The lowest BCUT2D eigenvalue weighted by molar-refractivity contribution is 0.122.